The van der Waals surface area contributed by atoms with Gasteiger partial charge in [0, 0.05) is 32.3 Å². The minimum absolute atomic E-state index is 0.704. The topological polar surface area (TPSA) is 45.5 Å². The van der Waals surface area contributed by atoms with E-state index < -0.39 is 8.38 Å². The fourth-order valence-corrected chi connectivity index (χ4v) is 2.33. The first kappa shape index (κ1) is 12.2. The van der Waals surface area contributed by atoms with E-state index in [1.165, 1.54) is 0 Å². The Hall–Kier alpha value is -1.22. The van der Waals surface area contributed by atoms with E-state index >= 15 is 0 Å². The van der Waals surface area contributed by atoms with E-state index in [4.69, 9.17) is 9.05 Å². The Morgan fingerprint density at radius 1 is 1.18 bits per heavy atom. The maximum Gasteiger partial charge on any atom is 0.172 e. The second-order valence-electron chi connectivity index (χ2n) is 3.39. The molecule has 0 fully saturated rings. The van der Waals surface area contributed by atoms with Crippen LogP contribution in [-0.2, 0) is 15.2 Å². The van der Waals surface area contributed by atoms with Gasteiger partial charge < -0.3 is 14.0 Å². The van der Waals surface area contributed by atoms with Crippen LogP contribution in [0.4, 0.5) is 0 Å². The lowest BCUT2D eigenvalue weighted by atomic mass is 10.3. The van der Waals surface area contributed by atoms with Crippen LogP contribution in [0, 0.1) is 0 Å². The van der Waals surface area contributed by atoms with Crippen molar-refractivity contribution >= 4 is 8.38 Å². The summed E-state index contributed by atoms with van der Waals surface area (Å²) in [5.41, 5.74) is 2.75. The highest BCUT2D eigenvalue weighted by Gasteiger charge is 2.04. The number of hydrogen-bond donors (Lipinski definition) is 0. The maximum absolute atomic E-state index is 5.21. The molecule has 2 rings (SSSR count). The molecule has 5 heteroatoms. The average molecular weight is 249 g/mol. The fourth-order valence-electron chi connectivity index (χ4n) is 1.49. The van der Waals surface area contributed by atoms with Gasteiger partial charge in [0.05, 0.1) is 0 Å². The number of nitrogens with zero attached hydrogens (tertiary/aromatic N) is 2. The Morgan fingerprint density at radius 3 is 2.65 bits per heavy atom. The molecule has 0 saturated carbocycles. The van der Waals surface area contributed by atoms with Crippen molar-refractivity contribution in [3.63, 3.8) is 0 Å². The zero-order chi connectivity index (χ0) is 12.1. The van der Waals surface area contributed by atoms with Crippen LogP contribution in [0.1, 0.15) is 5.69 Å². The van der Waals surface area contributed by atoms with Gasteiger partial charge in [-0.15, -0.1) is 5.69 Å². The van der Waals surface area contributed by atoms with Crippen molar-refractivity contribution in [2.24, 2.45) is 0 Å². The van der Waals surface area contributed by atoms with E-state index in [0.717, 1.165) is 17.1 Å². The zero-order valence-electron chi connectivity index (χ0n) is 9.83. The van der Waals surface area contributed by atoms with Crippen molar-refractivity contribution in [2.75, 3.05) is 14.2 Å². The molecular weight excluding hydrogens is 235 g/mol. The maximum atomic E-state index is 5.21. The first-order valence-electron chi connectivity index (χ1n) is 5.23. The Kier molecular flexibility index (Phi) is 4.26. The predicted molar refractivity (Wildman–Crippen MR) is 67.6 cm³/mol. The Labute approximate surface area is 102 Å². The van der Waals surface area contributed by atoms with Gasteiger partial charge in [0.25, 0.3) is 0 Å². The number of hydrogen-bond acceptors (Lipinski definition) is 3. The van der Waals surface area contributed by atoms with E-state index in [0.29, 0.717) is 6.16 Å². The van der Waals surface area contributed by atoms with E-state index in [9.17, 15) is 0 Å². The van der Waals surface area contributed by atoms with Gasteiger partial charge in [0.2, 0.25) is 0 Å². The van der Waals surface area contributed by atoms with Crippen molar-refractivity contribution in [3.8, 4) is 11.4 Å². The summed E-state index contributed by atoms with van der Waals surface area (Å²) in [5.74, 6) is 0. The molecule has 4 nitrogen and oxygen atoms in total. The second kappa shape index (κ2) is 5.92. The second-order valence-corrected chi connectivity index (χ2v) is 5.10. The van der Waals surface area contributed by atoms with Crippen LogP contribution in [-0.4, -0.2) is 19.2 Å². The summed E-state index contributed by atoms with van der Waals surface area (Å²) in [6.45, 7) is 0. The number of rotatable bonds is 5. The highest BCUT2D eigenvalue weighted by molar-refractivity contribution is 7.46. The molecule has 0 aliphatic heterocycles. The lowest BCUT2D eigenvalue weighted by Gasteiger charge is -2.15. The van der Waals surface area contributed by atoms with Crippen molar-refractivity contribution in [1.82, 2.24) is 9.97 Å². The molecule has 0 atom stereocenters. The zero-order valence-corrected chi connectivity index (χ0v) is 10.7. The van der Waals surface area contributed by atoms with Crippen LogP contribution in [0.5, 0.6) is 0 Å². The summed E-state index contributed by atoms with van der Waals surface area (Å²) in [7, 11) is 2.43. The van der Waals surface area contributed by atoms with Gasteiger partial charge in [-0.05, 0) is 12.1 Å². The third kappa shape index (κ3) is 3.13. The standard InChI is InChI=1S/C12H14N2O2P/c1-15-17(16-2)9-10-6-7-12(14-10)11-5-3-4-8-13-11/h3-8H,9H2,1-2H3/q-1. The molecule has 17 heavy (non-hydrogen) atoms. The molecule has 0 N–H and O–H groups in total. The Balaban J connectivity index is 2.11. The van der Waals surface area contributed by atoms with Crippen LogP contribution in [0.3, 0.4) is 0 Å². The van der Waals surface area contributed by atoms with Gasteiger partial charge in [0.1, 0.15) is 0 Å². The molecular formula is C12H14N2O2P-. The van der Waals surface area contributed by atoms with Crippen LogP contribution in [0.2, 0.25) is 0 Å². The highest BCUT2D eigenvalue weighted by atomic mass is 31.2. The Morgan fingerprint density at radius 2 is 2.00 bits per heavy atom. The first-order chi connectivity index (χ1) is 8.33. The van der Waals surface area contributed by atoms with Gasteiger partial charge in [-0.2, -0.15) is 5.69 Å². The molecule has 0 saturated heterocycles. The molecule has 0 radical (unpaired) electrons. The average Bonchev–Trinajstić information content (AvgIpc) is 2.85. The first-order valence-corrected chi connectivity index (χ1v) is 6.59. The summed E-state index contributed by atoms with van der Waals surface area (Å²) in [4.78, 5) is 8.77. The van der Waals surface area contributed by atoms with Crippen molar-refractivity contribution in [1.29, 1.82) is 0 Å². The summed E-state index contributed by atoms with van der Waals surface area (Å²) in [5, 5.41) is 0. The summed E-state index contributed by atoms with van der Waals surface area (Å²) in [6.07, 6.45) is 2.47. The molecule has 0 aromatic carbocycles. The van der Waals surface area contributed by atoms with E-state index in [1.54, 1.807) is 20.4 Å². The predicted octanol–water partition coefficient (Wildman–Crippen LogP) is 2.81. The van der Waals surface area contributed by atoms with Crippen molar-refractivity contribution in [3.05, 3.63) is 42.2 Å². The van der Waals surface area contributed by atoms with E-state index in [-0.39, 0.29) is 0 Å². The summed E-state index contributed by atoms with van der Waals surface area (Å²) < 4.78 is 10.4. The quantitative estimate of drug-likeness (QED) is 0.764. The molecule has 0 aliphatic carbocycles. The van der Waals surface area contributed by atoms with Crippen LogP contribution in [0.25, 0.3) is 11.4 Å². The molecule has 0 aliphatic rings. The van der Waals surface area contributed by atoms with Gasteiger partial charge >= 0.3 is 0 Å². The van der Waals surface area contributed by atoms with Gasteiger partial charge in [-0.1, -0.05) is 18.2 Å². The van der Waals surface area contributed by atoms with Gasteiger partial charge in [-0.25, -0.2) is 0 Å². The lowest BCUT2D eigenvalue weighted by Crippen LogP contribution is -1.91. The number of pyridine rings is 1. The lowest BCUT2D eigenvalue weighted by molar-refractivity contribution is 0.339. The Bertz CT molecular complexity index is 455. The van der Waals surface area contributed by atoms with E-state index in [2.05, 4.69) is 9.97 Å². The van der Waals surface area contributed by atoms with Crippen molar-refractivity contribution < 1.29 is 9.05 Å². The molecule has 0 spiro atoms. The number of aromatic nitrogens is 2. The minimum Gasteiger partial charge on any atom is -0.659 e. The molecule has 2 aromatic heterocycles. The summed E-state index contributed by atoms with van der Waals surface area (Å²) >= 11 is 0. The minimum atomic E-state index is -0.871. The van der Waals surface area contributed by atoms with Crippen LogP contribution in [0.15, 0.2) is 36.5 Å². The molecule has 0 unspecified atom stereocenters. The molecule has 0 amide bonds. The molecule has 2 heterocycles. The molecule has 90 valence electrons. The van der Waals surface area contributed by atoms with Crippen molar-refractivity contribution in [2.45, 2.75) is 6.16 Å². The monoisotopic (exact) mass is 249 g/mol. The smallest absolute Gasteiger partial charge is 0.172 e. The fraction of sp³-hybridized carbons (Fsp3) is 0.250. The summed E-state index contributed by atoms with van der Waals surface area (Å²) in [6, 6.07) is 9.74. The largest absolute Gasteiger partial charge is 0.659 e. The highest BCUT2D eigenvalue weighted by Crippen LogP contribution is 2.39. The van der Waals surface area contributed by atoms with Gasteiger partial charge in [0.15, 0.2) is 8.38 Å². The molecule has 2 aromatic rings. The third-order valence-corrected chi connectivity index (χ3v) is 3.72. The normalized spacial score (nSPS) is 11.0. The van der Waals surface area contributed by atoms with E-state index in [1.807, 2.05) is 30.3 Å². The van der Waals surface area contributed by atoms with Gasteiger partial charge in [-0.3, -0.25) is 4.98 Å². The van der Waals surface area contributed by atoms with Crippen LogP contribution < -0.4 is 4.98 Å². The SMILES string of the molecule is COP(Cc1ccc(-c2ccccn2)[n-]1)OC. The molecule has 0 bridgehead atoms. The third-order valence-electron chi connectivity index (χ3n) is 2.32. The van der Waals surface area contributed by atoms with Crippen LogP contribution >= 0.6 is 8.38 Å².